The number of nitrogens with two attached hydrogens (primary N) is 4. The second-order valence-corrected chi connectivity index (χ2v) is 25.1. The number of nitrogen functional groups attached to an aromatic ring is 4. The van der Waals surface area contributed by atoms with Crippen LogP contribution in [0, 0.1) is 13.8 Å². The van der Waals surface area contributed by atoms with Gasteiger partial charge < -0.3 is 108 Å². The lowest BCUT2D eigenvalue weighted by Crippen LogP contribution is -2.25. The molecule has 9 rings (SSSR count). The van der Waals surface area contributed by atoms with Crippen LogP contribution in [0.2, 0.25) is 0 Å². The number of hydrogen-bond donors (Lipinski definition) is 13. The molecule has 32 nitrogen and oxygen atoms in total. The highest BCUT2D eigenvalue weighted by molar-refractivity contribution is 7.59. The standard InChI is InChI=1S/C21H30N4O4.C19H29N5O4.C19H29N5O3.C16H23N5O2.4H2S/c1-2-3-6-16(9-10-26)24-20-19(13-23-21(22)25-20)27-11-4-5-15-7-8-17-18(12-15)29-14-28-17;1-4-5-6-13(8-10-25)23-18-16(11-22-19(20)24-18)28-12-14-17(27-3)15(26-2)7-9-21-14;1-4-5-6-14(7-8-25)23-18-16(10-22-19(20)24-18)27-11-15-13(3)17(26)12(2)9-21-15;1-2-3-6-12(10-22)20-15-14(9-19-16(17)21-15)23-11-13-7-4-5-8-18-13;;;;/h7-8,12-13,16,26H,2-6,9-11,14H2,1H3,(H3,22,23,24,25);7,9,11,13,25H,4-6,8,10,12H2,1-3H3,(H3,20,22,23,24);9-10,14,25H,4-8,11H2,1-3H3,(H,21,26)(H3,20,22,23,24);4-5,7-9,12,22H,2-3,6,10-11H2,1H3,(H3,17,19,20,21);4*1H2/t16-;13-;14-;12-;;;;/m0000..../s1. The van der Waals surface area contributed by atoms with Crippen molar-refractivity contribution in [3.05, 3.63) is 130 Å². The van der Waals surface area contributed by atoms with E-state index in [-0.39, 0.29) is 154 Å². The van der Waals surface area contributed by atoms with Crippen molar-refractivity contribution in [2.24, 2.45) is 0 Å². The van der Waals surface area contributed by atoms with Crippen LogP contribution in [0.3, 0.4) is 0 Å². The zero-order valence-electron chi connectivity index (χ0n) is 65.0. The third-order valence-corrected chi connectivity index (χ3v) is 16.9. The summed E-state index contributed by atoms with van der Waals surface area (Å²) >= 11 is 0. The van der Waals surface area contributed by atoms with Crippen LogP contribution in [0.25, 0.3) is 0 Å². The number of aliphatic hydroxyl groups is 4. The van der Waals surface area contributed by atoms with E-state index in [0.29, 0.717) is 113 Å². The molecule has 0 saturated heterocycles. The maximum Gasteiger partial charge on any atom is 0.231 e. The average molecular weight is 1620 g/mol. The highest BCUT2D eigenvalue weighted by atomic mass is 32.1. The fraction of sp³-hybridized carbons (Fsp3) is 0.507. The minimum absolute atomic E-state index is 0. The third-order valence-electron chi connectivity index (χ3n) is 16.9. The smallest absolute Gasteiger partial charge is 0.231 e. The van der Waals surface area contributed by atoms with Crippen LogP contribution in [0.4, 0.5) is 47.1 Å². The van der Waals surface area contributed by atoms with E-state index in [1.165, 1.54) is 24.2 Å². The number of benzene rings is 1. The molecule has 0 amide bonds. The number of fused-ring (bicyclic) bond motifs is 1. The Hall–Kier alpha value is -9.17. The Balaban J connectivity index is 0.000000498. The van der Waals surface area contributed by atoms with Crippen LogP contribution < -0.4 is 87.5 Å². The van der Waals surface area contributed by atoms with E-state index in [4.69, 9.17) is 60.8 Å². The highest BCUT2D eigenvalue weighted by Crippen LogP contribution is 2.35. The predicted octanol–water partition coefficient (Wildman–Crippen LogP) is 10.3. The number of aromatic amines is 1. The number of ether oxygens (including phenoxy) is 8. The Morgan fingerprint density at radius 2 is 0.964 bits per heavy atom. The number of aryl methyl sites for hydroxylation is 2. The Kier molecular flexibility index (Phi) is 48.8. The molecule has 0 bridgehead atoms. The molecule has 0 fully saturated rings. The van der Waals surface area contributed by atoms with Crippen molar-refractivity contribution in [2.75, 3.05) is 98.2 Å². The van der Waals surface area contributed by atoms with Gasteiger partial charge in [0.15, 0.2) is 74.7 Å². The van der Waals surface area contributed by atoms with Gasteiger partial charge in [0, 0.05) is 73.7 Å². The van der Waals surface area contributed by atoms with E-state index in [9.17, 15) is 25.2 Å². The van der Waals surface area contributed by atoms with Gasteiger partial charge in [-0.2, -0.15) is 73.9 Å². The lowest BCUT2D eigenvalue weighted by atomic mass is 10.1. The summed E-state index contributed by atoms with van der Waals surface area (Å²) in [5, 5.41) is 50.6. The first-order valence-electron chi connectivity index (χ1n) is 36.5. The summed E-state index contributed by atoms with van der Waals surface area (Å²) in [7, 11) is 3.12. The molecule has 8 heterocycles. The van der Waals surface area contributed by atoms with Crippen molar-refractivity contribution in [3.63, 3.8) is 0 Å². The van der Waals surface area contributed by atoms with Gasteiger partial charge in [0.25, 0.3) is 0 Å². The van der Waals surface area contributed by atoms with Crippen LogP contribution in [-0.2, 0) is 26.2 Å². The maximum absolute atomic E-state index is 12.1. The fourth-order valence-electron chi connectivity index (χ4n) is 10.9. The normalized spacial score (nSPS) is 11.8. The molecule has 616 valence electrons. The van der Waals surface area contributed by atoms with Gasteiger partial charge in [-0.15, -0.1) is 0 Å². The minimum atomic E-state index is -0.0959. The molecule has 0 unspecified atom stereocenters. The first-order valence-corrected chi connectivity index (χ1v) is 36.5. The molecule has 111 heavy (non-hydrogen) atoms. The number of aliphatic hydroxyl groups excluding tert-OH is 4. The number of nitrogens with one attached hydrogen (secondary N) is 5. The first-order chi connectivity index (χ1) is 52.0. The number of anilines is 8. The third kappa shape index (κ3) is 34.1. The van der Waals surface area contributed by atoms with E-state index in [1.807, 2.05) is 36.4 Å². The van der Waals surface area contributed by atoms with E-state index in [0.717, 1.165) is 107 Å². The highest BCUT2D eigenvalue weighted by Gasteiger charge is 2.21. The summed E-state index contributed by atoms with van der Waals surface area (Å²) in [6.45, 7) is 13.8. The first kappa shape index (κ1) is 97.9. The summed E-state index contributed by atoms with van der Waals surface area (Å²) in [5.74, 6) is 7.31. The molecule has 0 radical (unpaired) electrons. The van der Waals surface area contributed by atoms with Gasteiger partial charge in [-0.25, -0.2) is 19.9 Å². The van der Waals surface area contributed by atoms with Crippen molar-refractivity contribution in [3.8, 4) is 46.0 Å². The maximum atomic E-state index is 12.1. The number of aromatic nitrogens is 11. The van der Waals surface area contributed by atoms with Crippen molar-refractivity contribution in [2.45, 2.75) is 195 Å². The minimum Gasteiger partial charge on any atom is -0.493 e. The summed E-state index contributed by atoms with van der Waals surface area (Å²) in [5.41, 5.74) is 27.5. The van der Waals surface area contributed by atoms with Gasteiger partial charge in [-0.05, 0) is 101 Å². The number of rotatable bonds is 43. The number of H-pyrrole nitrogens is 1. The topological polar surface area (TPSA) is 469 Å². The second-order valence-electron chi connectivity index (χ2n) is 25.1. The van der Waals surface area contributed by atoms with Crippen LogP contribution >= 0.6 is 54.0 Å². The average Bonchev–Trinajstić information content (AvgIpc) is 1.55. The quantitative estimate of drug-likeness (QED) is 0.0158. The summed E-state index contributed by atoms with van der Waals surface area (Å²) < 4.78 is 44.9. The molecule has 0 saturated carbocycles. The SMILES string of the molecule is CCCC[C@@H](CCO)Nc1nc(N)ncc1OCCCc1ccc2c(c1)OCO2.CCCC[C@@H](CCO)Nc1nc(N)ncc1OCc1[nH]cc(C)c(=O)c1C.CCCC[C@@H](CCO)Nc1nc(N)ncc1OCc1nccc(OC)c1OC.CCCC[C@@H](CO)Nc1nc(N)ncc1OCc1ccccn1.S.S.S.S. The van der Waals surface area contributed by atoms with Gasteiger partial charge in [0.05, 0.1) is 69.7 Å². The van der Waals surface area contributed by atoms with Crippen LogP contribution in [0.5, 0.6) is 46.0 Å². The molecular weight excluding hydrogens is 1500 g/mol. The molecule has 36 heteroatoms. The van der Waals surface area contributed by atoms with E-state index in [1.54, 1.807) is 58.9 Å². The summed E-state index contributed by atoms with van der Waals surface area (Å²) in [6, 6.07) is 13.5. The number of unbranched alkanes of at least 4 members (excludes halogenated alkanes) is 4. The monoisotopic (exact) mass is 1620 g/mol. The zero-order valence-corrected chi connectivity index (χ0v) is 69.0. The molecule has 7 aromatic heterocycles. The van der Waals surface area contributed by atoms with Crippen LogP contribution in [0.1, 0.15) is 164 Å². The zero-order chi connectivity index (χ0) is 77.1. The van der Waals surface area contributed by atoms with Gasteiger partial charge in [0.1, 0.15) is 25.5 Å². The van der Waals surface area contributed by atoms with E-state index in [2.05, 4.69) is 104 Å². The molecule has 8 aromatic rings. The van der Waals surface area contributed by atoms with Gasteiger partial charge in [-0.1, -0.05) is 91.2 Å². The molecule has 1 aliphatic rings. The molecule has 4 atom stereocenters. The molecule has 17 N–H and O–H groups in total. The summed E-state index contributed by atoms with van der Waals surface area (Å²) in [6.07, 6.45) is 26.8. The van der Waals surface area contributed by atoms with Crippen molar-refractivity contribution in [1.29, 1.82) is 0 Å². The lowest BCUT2D eigenvalue weighted by molar-refractivity contribution is 0.174. The predicted molar refractivity (Wildman–Crippen MR) is 455 cm³/mol. The summed E-state index contributed by atoms with van der Waals surface area (Å²) in [4.78, 5) is 56.7. The number of methoxy groups -OCH3 is 2. The molecule has 1 aliphatic heterocycles. The Bertz CT molecular complexity index is 3950. The fourth-order valence-corrected chi connectivity index (χ4v) is 10.9. The van der Waals surface area contributed by atoms with Crippen molar-refractivity contribution >= 4 is 101 Å². The Morgan fingerprint density at radius 1 is 0.505 bits per heavy atom. The second kappa shape index (κ2) is 55.3. The van der Waals surface area contributed by atoms with Crippen molar-refractivity contribution in [1.82, 2.24) is 54.8 Å². The lowest BCUT2D eigenvalue weighted by Gasteiger charge is -2.20. The molecule has 1 aromatic carbocycles. The van der Waals surface area contributed by atoms with Gasteiger partial charge in [-0.3, -0.25) is 14.8 Å². The number of hydrogen-bond acceptors (Lipinski definition) is 31. The van der Waals surface area contributed by atoms with Gasteiger partial charge >= 0.3 is 0 Å². The largest absolute Gasteiger partial charge is 0.493 e. The van der Waals surface area contributed by atoms with Crippen LogP contribution in [0.15, 0.2) is 90.6 Å². The number of nitrogens with zero attached hydrogens (tertiary/aromatic N) is 10. The Labute approximate surface area is 679 Å². The molecular formula is C75H119N19O13S4. The van der Waals surface area contributed by atoms with E-state index >= 15 is 0 Å². The van der Waals surface area contributed by atoms with Gasteiger partial charge in [0.2, 0.25) is 30.6 Å². The molecule has 0 spiro atoms. The van der Waals surface area contributed by atoms with E-state index < -0.39 is 0 Å². The number of pyridine rings is 3. The van der Waals surface area contributed by atoms with Crippen LogP contribution in [-0.4, -0.2) is 153 Å². The molecule has 0 aliphatic carbocycles. The van der Waals surface area contributed by atoms with Crippen molar-refractivity contribution < 1.29 is 58.3 Å². The Morgan fingerprint density at radius 3 is 1.41 bits per heavy atom.